The molecule has 1 aromatic heterocycles. The summed E-state index contributed by atoms with van der Waals surface area (Å²) in [4.78, 5) is 78.0. The van der Waals surface area contributed by atoms with Crippen LogP contribution in [0.2, 0.25) is 0 Å². The minimum atomic E-state index is -5.08. The molecule has 2 aromatic carbocycles. The zero-order chi connectivity index (χ0) is 62.0. The molecule has 0 spiro atoms. The molecule has 85 heavy (non-hydrogen) atoms. The SMILES string of the molecule is CC(C)(C)C(c1nc(-c2cc(F)ccc2F)cn1Cc1ccccc1)N(CC1CNCC1CNC(=O)CCOCCOCCOCCOCCOCCOCCOCCOCCNC(=O)CCN1C(=O)C=CC1=O)C(=O)CO.O=C(O)C(F)(F)F. The van der Waals surface area contributed by atoms with E-state index in [-0.39, 0.29) is 67.4 Å². The van der Waals surface area contributed by atoms with Gasteiger partial charge in [0.15, 0.2) is 0 Å². The molecule has 3 aromatic rings. The van der Waals surface area contributed by atoms with Gasteiger partial charge in [-0.1, -0.05) is 51.1 Å². The molecule has 3 heterocycles. The van der Waals surface area contributed by atoms with Crippen molar-refractivity contribution in [2.75, 3.05) is 152 Å². The molecular weight excluding hydrogens is 1130 g/mol. The minimum absolute atomic E-state index is 0.000934. The number of imidazole rings is 1. The number of benzene rings is 2. The largest absolute Gasteiger partial charge is 0.490 e. The predicted molar refractivity (Wildman–Crippen MR) is 295 cm³/mol. The Kier molecular flexibility index (Phi) is 32.4. The van der Waals surface area contributed by atoms with Gasteiger partial charge in [0.2, 0.25) is 17.7 Å². The van der Waals surface area contributed by atoms with E-state index in [2.05, 4.69) is 16.0 Å². The Hall–Kier alpha value is -6.34. The van der Waals surface area contributed by atoms with Crippen LogP contribution < -0.4 is 16.0 Å². The summed E-state index contributed by atoms with van der Waals surface area (Å²) < 4.78 is 107. The number of carbonyl (C=O) groups is 6. The molecule has 0 saturated carbocycles. The van der Waals surface area contributed by atoms with Crippen LogP contribution in [0, 0.1) is 28.9 Å². The number of alkyl halides is 3. The van der Waals surface area contributed by atoms with Crippen LogP contribution >= 0.6 is 0 Å². The number of amides is 5. The number of carboxylic acid groups (broad SMARTS) is 1. The van der Waals surface area contributed by atoms with Crippen LogP contribution in [0.1, 0.15) is 51.0 Å². The van der Waals surface area contributed by atoms with E-state index in [9.17, 15) is 46.6 Å². The fraction of sp³-hybridized carbons (Fsp3) is 0.596. The summed E-state index contributed by atoms with van der Waals surface area (Å²) in [7, 11) is 0. The van der Waals surface area contributed by atoms with Gasteiger partial charge in [-0.3, -0.25) is 28.9 Å². The first-order valence-electron chi connectivity index (χ1n) is 27.9. The lowest BCUT2D eigenvalue weighted by Gasteiger charge is -2.41. The Morgan fingerprint density at radius 2 is 1.20 bits per heavy atom. The highest BCUT2D eigenvalue weighted by atomic mass is 19.4. The first-order valence-corrected chi connectivity index (χ1v) is 27.9. The normalized spacial score (nSPS) is 15.5. The van der Waals surface area contributed by atoms with Gasteiger partial charge in [-0.25, -0.2) is 18.6 Å². The van der Waals surface area contributed by atoms with Gasteiger partial charge in [-0.05, 0) is 41.0 Å². The van der Waals surface area contributed by atoms with Crippen LogP contribution in [-0.4, -0.2) is 223 Å². The van der Waals surface area contributed by atoms with Gasteiger partial charge < -0.3 is 73.5 Å². The molecule has 5 rings (SSSR count). The Bertz CT molecular complexity index is 2520. The van der Waals surface area contributed by atoms with Crippen molar-refractivity contribution in [3.63, 3.8) is 0 Å². The van der Waals surface area contributed by atoms with E-state index < -0.39 is 59.6 Å². The van der Waals surface area contributed by atoms with E-state index in [1.54, 1.807) is 11.1 Å². The molecule has 2 aliphatic rings. The Balaban J connectivity index is 0.00000208. The van der Waals surface area contributed by atoms with Crippen LogP contribution in [0.4, 0.5) is 22.0 Å². The van der Waals surface area contributed by atoms with Crippen molar-refractivity contribution in [1.29, 1.82) is 0 Å². The second-order valence-corrected chi connectivity index (χ2v) is 20.4. The maximum absolute atomic E-state index is 15.2. The number of rotatable bonds is 40. The fourth-order valence-corrected chi connectivity index (χ4v) is 8.66. The number of hydrogen-bond acceptors (Lipinski definition) is 17. The quantitative estimate of drug-likeness (QED) is 0.0310. The Labute approximate surface area is 490 Å². The molecule has 23 nitrogen and oxygen atoms in total. The summed E-state index contributed by atoms with van der Waals surface area (Å²) in [5, 5.41) is 26.5. The van der Waals surface area contributed by atoms with Gasteiger partial charge in [-0.2, -0.15) is 13.2 Å². The molecule has 3 atom stereocenters. The van der Waals surface area contributed by atoms with Crippen molar-refractivity contribution in [3.8, 4) is 11.3 Å². The first-order chi connectivity index (χ1) is 40.7. The van der Waals surface area contributed by atoms with Crippen molar-refractivity contribution in [1.82, 2.24) is 35.3 Å². The van der Waals surface area contributed by atoms with Crippen molar-refractivity contribution >= 4 is 35.5 Å². The number of imide groups is 1. The number of aliphatic hydroxyl groups excluding tert-OH is 1. The number of aliphatic hydroxyl groups is 1. The van der Waals surface area contributed by atoms with Crippen LogP contribution in [0.3, 0.4) is 0 Å². The standard InChI is InChI=1S/C55H79F2N7O14.C2HF3O2/c1-55(2,3)53(54-61-47(45-33-44(56)9-10-46(45)57)39-62(54)37-41-7-5-4-6-8-41)64(52(70)40-65)38-43-35-58-34-42(43)36-60-49(67)14-17-71-19-21-73-23-25-75-27-29-77-31-32-78-30-28-76-26-24-74-22-20-72-18-15-59-48(66)13-16-63-50(68)11-12-51(63)69;3-2(4,5)1(6)7/h4-12,33,39,42-43,53,58,65H,13-32,34-38,40H2,1-3H3,(H,59,66)(H,60,67);(H,6,7). The zero-order valence-electron chi connectivity index (χ0n) is 48.3. The lowest BCUT2D eigenvalue weighted by molar-refractivity contribution is -0.192. The maximum atomic E-state index is 15.2. The third-order valence-electron chi connectivity index (χ3n) is 12.9. The Morgan fingerprint density at radius 3 is 1.71 bits per heavy atom. The number of carboxylic acids is 1. The van der Waals surface area contributed by atoms with Gasteiger partial charge in [0.25, 0.3) is 11.8 Å². The fourth-order valence-electron chi connectivity index (χ4n) is 8.66. The predicted octanol–water partition coefficient (Wildman–Crippen LogP) is 3.32. The monoisotopic (exact) mass is 1210 g/mol. The van der Waals surface area contributed by atoms with Crippen molar-refractivity contribution in [2.45, 2.75) is 52.4 Å². The van der Waals surface area contributed by atoms with E-state index >= 15 is 4.39 Å². The highest BCUT2D eigenvalue weighted by Gasteiger charge is 2.41. The molecule has 1 saturated heterocycles. The molecule has 0 aliphatic carbocycles. The highest BCUT2D eigenvalue weighted by Crippen LogP contribution is 2.40. The summed E-state index contributed by atoms with van der Waals surface area (Å²) in [5.41, 5.74) is 0.541. The van der Waals surface area contributed by atoms with Gasteiger partial charge in [0.1, 0.15) is 24.1 Å². The van der Waals surface area contributed by atoms with Gasteiger partial charge >= 0.3 is 12.1 Å². The number of nitrogens with zero attached hydrogens (tertiary/aromatic N) is 4. The number of halogens is 5. The van der Waals surface area contributed by atoms with Crippen molar-refractivity contribution < 1.29 is 98.8 Å². The number of ether oxygens (including phenoxy) is 8. The molecule has 1 fully saturated rings. The first kappa shape index (κ1) is 71.1. The summed E-state index contributed by atoms with van der Waals surface area (Å²) in [6.07, 6.45) is -0.843. The number of nitrogens with one attached hydrogen (secondary N) is 3. The summed E-state index contributed by atoms with van der Waals surface area (Å²) >= 11 is 0. The number of aromatic nitrogens is 2. The Morgan fingerprint density at radius 1 is 0.706 bits per heavy atom. The third-order valence-corrected chi connectivity index (χ3v) is 12.9. The molecule has 474 valence electrons. The second kappa shape index (κ2) is 38.7. The van der Waals surface area contributed by atoms with E-state index in [1.165, 1.54) is 12.2 Å². The maximum Gasteiger partial charge on any atom is 0.490 e. The zero-order valence-corrected chi connectivity index (χ0v) is 48.3. The van der Waals surface area contributed by atoms with Crippen LogP contribution in [0.15, 0.2) is 66.9 Å². The lowest BCUT2D eigenvalue weighted by atomic mass is 9.83. The topological polar surface area (TPSA) is 277 Å². The summed E-state index contributed by atoms with van der Waals surface area (Å²) in [5.74, 6) is -5.40. The smallest absolute Gasteiger partial charge is 0.475 e. The molecule has 2 aliphatic heterocycles. The lowest BCUT2D eigenvalue weighted by Crippen LogP contribution is -2.47. The van der Waals surface area contributed by atoms with Crippen LogP contribution in [-0.2, 0) is 73.2 Å². The molecule has 5 N–H and O–H groups in total. The molecule has 28 heteroatoms. The van der Waals surface area contributed by atoms with Crippen molar-refractivity contribution in [2.24, 2.45) is 17.3 Å². The van der Waals surface area contributed by atoms with Crippen LogP contribution in [0.5, 0.6) is 0 Å². The minimum Gasteiger partial charge on any atom is -0.475 e. The molecule has 3 unspecified atom stereocenters. The third kappa shape index (κ3) is 27.3. The number of hydrogen-bond donors (Lipinski definition) is 5. The average Bonchev–Trinajstić information content (AvgIpc) is 2.08. The molecule has 5 amide bonds. The van der Waals surface area contributed by atoms with E-state index in [0.717, 1.165) is 28.7 Å². The van der Waals surface area contributed by atoms with Gasteiger partial charge in [-0.15, -0.1) is 0 Å². The van der Waals surface area contributed by atoms with E-state index in [1.807, 2.05) is 55.7 Å². The molecule has 0 bridgehead atoms. The van der Waals surface area contributed by atoms with Crippen LogP contribution in [0.25, 0.3) is 11.3 Å². The summed E-state index contributed by atoms with van der Waals surface area (Å²) in [6.45, 7) is 13.7. The summed E-state index contributed by atoms with van der Waals surface area (Å²) in [6, 6.07) is 12.2. The molecular formula is C57H80F5N7O16. The van der Waals surface area contributed by atoms with E-state index in [4.69, 9.17) is 52.8 Å². The van der Waals surface area contributed by atoms with Gasteiger partial charge in [0, 0.05) is 82.6 Å². The van der Waals surface area contributed by atoms with Crippen molar-refractivity contribution in [3.05, 3.63) is 89.9 Å². The molecule has 0 radical (unpaired) electrons. The van der Waals surface area contributed by atoms with E-state index in [0.29, 0.717) is 138 Å². The second-order valence-electron chi connectivity index (χ2n) is 20.4. The number of carbonyl (C=O) groups excluding carboxylic acids is 5. The van der Waals surface area contributed by atoms with Gasteiger partial charge in [0.05, 0.1) is 117 Å². The number of aliphatic carboxylic acids is 1. The average molecular weight is 1210 g/mol. The highest BCUT2D eigenvalue weighted by molar-refractivity contribution is 6.13.